The van der Waals surface area contributed by atoms with Gasteiger partial charge in [0.2, 0.25) is 5.91 Å². The molecule has 1 saturated carbocycles. The van der Waals surface area contributed by atoms with E-state index < -0.39 is 6.10 Å². The van der Waals surface area contributed by atoms with E-state index in [4.69, 9.17) is 5.11 Å². The molecule has 192 valence electrons. The summed E-state index contributed by atoms with van der Waals surface area (Å²) in [6, 6.07) is 8.34. The van der Waals surface area contributed by atoms with Gasteiger partial charge in [-0.15, -0.1) is 0 Å². The fraction of sp³-hybridized carbons (Fsp3) is 0.370. The van der Waals surface area contributed by atoms with E-state index >= 15 is 0 Å². The summed E-state index contributed by atoms with van der Waals surface area (Å²) >= 11 is 0. The van der Waals surface area contributed by atoms with Crippen molar-refractivity contribution < 1.29 is 15.0 Å². The van der Waals surface area contributed by atoms with E-state index in [1.807, 2.05) is 67.1 Å². The van der Waals surface area contributed by atoms with E-state index in [1.165, 1.54) is 0 Å². The number of nitrogens with one attached hydrogen (secondary N) is 1. The number of rotatable bonds is 8. The van der Waals surface area contributed by atoms with Crippen LogP contribution >= 0.6 is 0 Å². The zero-order chi connectivity index (χ0) is 25.8. The van der Waals surface area contributed by atoms with Crippen molar-refractivity contribution in [3.05, 3.63) is 61.4 Å². The van der Waals surface area contributed by atoms with E-state index in [9.17, 15) is 9.90 Å². The lowest BCUT2D eigenvalue weighted by atomic mass is 9.85. The lowest BCUT2D eigenvalue weighted by molar-refractivity contribution is -0.126. The summed E-state index contributed by atoms with van der Waals surface area (Å²) in [6.45, 7) is -0.281. The first kappa shape index (κ1) is 24.8. The van der Waals surface area contributed by atoms with Crippen molar-refractivity contribution in [1.82, 2.24) is 34.8 Å². The molecule has 3 heterocycles. The molecule has 3 aromatic heterocycles. The van der Waals surface area contributed by atoms with Crippen LogP contribution in [0.3, 0.4) is 0 Å². The number of benzene rings is 1. The number of carbonyl (C=O) groups excluding carboxylic acids is 1. The summed E-state index contributed by atoms with van der Waals surface area (Å²) in [5.74, 6) is 0.523. The van der Waals surface area contributed by atoms with E-state index in [2.05, 4.69) is 31.5 Å². The normalized spacial score (nSPS) is 18.5. The monoisotopic (exact) mass is 501 g/mol. The van der Waals surface area contributed by atoms with Crippen LogP contribution in [0.2, 0.25) is 0 Å². The Kier molecular flexibility index (Phi) is 7.38. The minimum atomic E-state index is -0.919. The highest BCUT2D eigenvalue weighted by Crippen LogP contribution is 2.33. The Balaban J connectivity index is 1.21. The molecule has 5 rings (SSSR count). The van der Waals surface area contributed by atoms with E-state index in [0.717, 1.165) is 53.5 Å². The van der Waals surface area contributed by atoms with Gasteiger partial charge in [-0.2, -0.15) is 10.2 Å². The second-order valence-electron chi connectivity index (χ2n) is 9.57. The van der Waals surface area contributed by atoms with E-state index in [-0.39, 0.29) is 31.0 Å². The van der Waals surface area contributed by atoms with Gasteiger partial charge < -0.3 is 15.5 Å². The van der Waals surface area contributed by atoms with Gasteiger partial charge in [-0.3, -0.25) is 14.2 Å². The molecule has 1 atom stereocenters. The van der Waals surface area contributed by atoms with E-state index in [0.29, 0.717) is 5.82 Å². The van der Waals surface area contributed by atoms with Crippen molar-refractivity contribution in [3.63, 3.8) is 0 Å². The third kappa shape index (κ3) is 5.76. The van der Waals surface area contributed by atoms with Gasteiger partial charge in [0.1, 0.15) is 0 Å². The molecule has 0 saturated heterocycles. The molecule has 1 amide bonds. The average Bonchev–Trinajstić information content (AvgIpc) is 3.61. The fourth-order valence-corrected chi connectivity index (χ4v) is 4.75. The molecule has 1 aliphatic carbocycles. The summed E-state index contributed by atoms with van der Waals surface area (Å²) in [6.07, 6.45) is 13.6. The number of hydrogen-bond donors (Lipinski definition) is 3. The molecule has 4 aromatic rings. The zero-order valence-electron chi connectivity index (χ0n) is 20.7. The number of carbonyl (C=O) groups is 1. The van der Waals surface area contributed by atoms with Crippen LogP contribution in [0.15, 0.2) is 61.4 Å². The Morgan fingerprint density at radius 3 is 2.38 bits per heavy atom. The van der Waals surface area contributed by atoms with Gasteiger partial charge in [-0.25, -0.2) is 9.97 Å². The van der Waals surface area contributed by atoms with Crippen molar-refractivity contribution >= 4 is 5.91 Å². The van der Waals surface area contributed by atoms with E-state index in [1.54, 1.807) is 4.68 Å². The number of nitrogens with zero attached hydrogens (tertiary/aromatic N) is 6. The fourth-order valence-electron chi connectivity index (χ4n) is 4.75. The Bertz CT molecular complexity index is 1340. The van der Waals surface area contributed by atoms with Crippen molar-refractivity contribution in [3.8, 4) is 33.6 Å². The van der Waals surface area contributed by atoms with Crippen LogP contribution in [0.25, 0.3) is 33.6 Å². The second kappa shape index (κ2) is 11.0. The van der Waals surface area contributed by atoms with Gasteiger partial charge in [-0.05, 0) is 37.3 Å². The Labute approximate surface area is 215 Å². The van der Waals surface area contributed by atoms with Crippen molar-refractivity contribution in [2.45, 2.75) is 37.8 Å². The maximum Gasteiger partial charge on any atom is 0.223 e. The highest BCUT2D eigenvalue weighted by Gasteiger charge is 2.27. The van der Waals surface area contributed by atoms with Crippen LogP contribution < -0.4 is 5.32 Å². The highest BCUT2D eigenvalue weighted by atomic mass is 16.3. The molecule has 3 N–H and O–H groups in total. The van der Waals surface area contributed by atoms with Gasteiger partial charge in [0.15, 0.2) is 5.82 Å². The van der Waals surface area contributed by atoms with Gasteiger partial charge in [-0.1, -0.05) is 18.2 Å². The van der Waals surface area contributed by atoms with Gasteiger partial charge in [0, 0.05) is 66.6 Å². The summed E-state index contributed by atoms with van der Waals surface area (Å²) in [4.78, 5) is 21.5. The molecule has 0 bridgehead atoms. The minimum Gasteiger partial charge on any atom is -0.394 e. The van der Waals surface area contributed by atoms with Crippen molar-refractivity contribution in [2.75, 3.05) is 13.2 Å². The molecule has 10 heteroatoms. The lowest BCUT2D eigenvalue weighted by Crippen LogP contribution is -2.39. The van der Waals surface area contributed by atoms with Gasteiger partial charge in [0.05, 0.1) is 31.1 Å². The second-order valence-corrected chi connectivity index (χ2v) is 9.57. The van der Waals surface area contributed by atoms with Crippen molar-refractivity contribution in [2.24, 2.45) is 13.0 Å². The molecule has 1 aromatic carbocycles. The van der Waals surface area contributed by atoms with Crippen LogP contribution in [0.5, 0.6) is 0 Å². The maximum absolute atomic E-state index is 12.3. The number of hydrogen-bond acceptors (Lipinski definition) is 7. The topological polar surface area (TPSA) is 131 Å². The molecular weight excluding hydrogens is 470 g/mol. The summed E-state index contributed by atoms with van der Waals surface area (Å²) in [5, 5.41) is 29.9. The van der Waals surface area contributed by atoms with Crippen molar-refractivity contribution in [1.29, 1.82) is 0 Å². The number of amides is 1. The predicted octanol–water partition coefficient (Wildman–Crippen LogP) is 2.61. The third-order valence-electron chi connectivity index (χ3n) is 6.91. The molecule has 1 aliphatic rings. The first-order valence-corrected chi connectivity index (χ1v) is 12.5. The molecule has 0 spiro atoms. The SMILES string of the molecule is Cn1cc(-c2cccc(-c3ncc(-c4cnn(C5CCC(C(=O)NCC(O)CO)CC5)c4)cn3)c2)cn1. The molecule has 10 nitrogen and oxygen atoms in total. The smallest absolute Gasteiger partial charge is 0.223 e. The zero-order valence-corrected chi connectivity index (χ0v) is 20.7. The Morgan fingerprint density at radius 2 is 1.68 bits per heavy atom. The molecule has 0 radical (unpaired) electrons. The standard InChI is InChI=1S/C27H31N7O3/c1-33-15-22(12-31-33)19-3-2-4-20(9-19)26-28-10-21(11-29-26)23-13-32-34(16-23)24-7-5-18(6-8-24)27(37)30-14-25(36)17-35/h2-4,9-13,15-16,18,24-25,35-36H,5-8,14,17H2,1H3,(H,30,37). The Morgan fingerprint density at radius 1 is 0.973 bits per heavy atom. The lowest BCUT2D eigenvalue weighted by Gasteiger charge is -2.28. The first-order valence-electron chi connectivity index (χ1n) is 12.5. The molecule has 1 fully saturated rings. The molecule has 0 aliphatic heterocycles. The Hall–Kier alpha value is -3.89. The summed E-state index contributed by atoms with van der Waals surface area (Å²) in [5.41, 5.74) is 4.90. The largest absolute Gasteiger partial charge is 0.394 e. The number of aromatic nitrogens is 6. The quantitative estimate of drug-likeness (QED) is 0.338. The van der Waals surface area contributed by atoms with Crippen LogP contribution in [-0.2, 0) is 11.8 Å². The van der Waals surface area contributed by atoms with Crippen LogP contribution in [0, 0.1) is 5.92 Å². The molecule has 37 heavy (non-hydrogen) atoms. The van der Waals surface area contributed by atoms with Gasteiger partial charge >= 0.3 is 0 Å². The summed E-state index contributed by atoms with van der Waals surface area (Å²) < 4.78 is 3.76. The predicted molar refractivity (Wildman–Crippen MR) is 138 cm³/mol. The number of aliphatic hydroxyl groups excluding tert-OH is 2. The van der Waals surface area contributed by atoms with Crippen LogP contribution in [0.1, 0.15) is 31.7 Å². The van der Waals surface area contributed by atoms with Crippen LogP contribution in [0.4, 0.5) is 0 Å². The maximum atomic E-state index is 12.3. The first-order chi connectivity index (χ1) is 18.0. The van der Waals surface area contributed by atoms with Gasteiger partial charge in [0.25, 0.3) is 0 Å². The highest BCUT2D eigenvalue weighted by molar-refractivity contribution is 5.78. The molecular formula is C27H31N7O3. The summed E-state index contributed by atoms with van der Waals surface area (Å²) in [7, 11) is 1.90. The van der Waals surface area contributed by atoms with Crippen LogP contribution in [-0.4, -0.2) is 64.9 Å². The number of aliphatic hydroxyl groups is 2. The number of aryl methyl sites for hydroxylation is 1. The molecule has 1 unspecified atom stereocenters. The third-order valence-corrected chi connectivity index (χ3v) is 6.91. The average molecular weight is 502 g/mol. The minimum absolute atomic E-state index is 0.0599.